The molecule has 0 aliphatic heterocycles. The molecule has 150 valence electrons. The largest absolute Gasteiger partial charge is 0.355 e. The van der Waals surface area contributed by atoms with Gasteiger partial charge in [-0.2, -0.15) is 0 Å². The highest BCUT2D eigenvalue weighted by Gasteiger charge is 2.28. The van der Waals surface area contributed by atoms with E-state index in [0.29, 0.717) is 23.0 Å². The Morgan fingerprint density at radius 1 is 1.07 bits per heavy atom. The first-order valence-electron chi connectivity index (χ1n) is 9.42. The van der Waals surface area contributed by atoms with Crippen molar-refractivity contribution in [3.63, 3.8) is 0 Å². The maximum absolute atomic E-state index is 13.2. The predicted octanol–water partition coefficient (Wildman–Crippen LogP) is 4.79. The van der Waals surface area contributed by atoms with Crippen molar-refractivity contribution in [2.45, 2.75) is 46.2 Å². The number of rotatable bonds is 8. The van der Waals surface area contributed by atoms with Crippen molar-refractivity contribution in [3.8, 4) is 0 Å². The summed E-state index contributed by atoms with van der Waals surface area (Å²) >= 11 is 12.1. The lowest BCUT2D eigenvalue weighted by Crippen LogP contribution is -2.49. The van der Waals surface area contributed by atoms with Gasteiger partial charge in [-0.3, -0.25) is 9.59 Å². The van der Waals surface area contributed by atoms with Crippen LogP contribution in [0.5, 0.6) is 0 Å². The lowest BCUT2D eigenvalue weighted by atomic mass is 10.0. The average molecular weight is 421 g/mol. The number of aryl methyl sites for hydroxylation is 1. The van der Waals surface area contributed by atoms with Crippen LogP contribution in [0.15, 0.2) is 42.5 Å². The Kier molecular flexibility index (Phi) is 8.34. The van der Waals surface area contributed by atoms with Crippen LogP contribution in [-0.2, 0) is 22.6 Å². The van der Waals surface area contributed by atoms with Gasteiger partial charge < -0.3 is 10.2 Å². The number of nitrogens with one attached hydrogen (secondary N) is 1. The van der Waals surface area contributed by atoms with E-state index in [1.807, 2.05) is 51.1 Å². The predicted molar refractivity (Wildman–Crippen MR) is 115 cm³/mol. The second-order valence-corrected chi connectivity index (χ2v) is 7.51. The minimum atomic E-state index is -0.550. The Hall–Kier alpha value is -2.04. The van der Waals surface area contributed by atoms with E-state index in [1.54, 1.807) is 17.0 Å². The molecule has 0 fully saturated rings. The van der Waals surface area contributed by atoms with Crippen molar-refractivity contribution in [3.05, 3.63) is 69.2 Å². The minimum Gasteiger partial charge on any atom is -0.355 e. The first kappa shape index (κ1) is 22.3. The second-order valence-electron chi connectivity index (χ2n) is 6.69. The molecule has 2 aromatic rings. The fraction of sp³-hybridized carbons (Fsp3) is 0.364. The van der Waals surface area contributed by atoms with Gasteiger partial charge in [-0.1, -0.05) is 60.5 Å². The Bertz CT molecular complexity index is 839. The SMILES string of the molecule is CCNC(=O)[C@H](CC)N(Cc1ccc(Cl)c(Cl)c1)C(=O)Cc1ccccc1C. The summed E-state index contributed by atoms with van der Waals surface area (Å²) in [5, 5.41) is 3.72. The summed E-state index contributed by atoms with van der Waals surface area (Å²) < 4.78 is 0. The summed E-state index contributed by atoms with van der Waals surface area (Å²) in [5.41, 5.74) is 2.84. The molecule has 0 aliphatic rings. The number of hydrogen-bond acceptors (Lipinski definition) is 2. The zero-order valence-corrected chi connectivity index (χ0v) is 18.0. The van der Waals surface area contributed by atoms with Crippen LogP contribution in [0.25, 0.3) is 0 Å². The van der Waals surface area contributed by atoms with Gasteiger partial charge in [-0.15, -0.1) is 0 Å². The number of likely N-dealkylation sites (N-methyl/N-ethyl adjacent to an activating group) is 1. The van der Waals surface area contributed by atoms with Gasteiger partial charge in [0.15, 0.2) is 0 Å². The van der Waals surface area contributed by atoms with Crippen molar-refractivity contribution in [2.75, 3.05) is 6.54 Å². The van der Waals surface area contributed by atoms with Crippen LogP contribution in [-0.4, -0.2) is 29.3 Å². The van der Waals surface area contributed by atoms with Crippen molar-refractivity contribution < 1.29 is 9.59 Å². The number of carbonyl (C=O) groups is 2. The Morgan fingerprint density at radius 2 is 1.79 bits per heavy atom. The molecule has 1 atom stereocenters. The number of benzene rings is 2. The van der Waals surface area contributed by atoms with E-state index in [9.17, 15) is 9.59 Å². The highest BCUT2D eigenvalue weighted by Crippen LogP contribution is 2.24. The van der Waals surface area contributed by atoms with Crippen LogP contribution < -0.4 is 5.32 Å². The zero-order valence-electron chi connectivity index (χ0n) is 16.5. The molecular formula is C22H26Cl2N2O2. The van der Waals surface area contributed by atoms with E-state index >= 15 is 0 Å². The Morgan fingerprint density at radius 3 is 2.39 bits per heavy atom. The van der Waals surface area contributed by atoms with Gasteiger partial charge in [0.25, 0.3) is 0 Å². The summed E-state index contributed by atoms with van der Waals surface area (Å²) in [5.74, 6) is -0.248. The van der Waals surface area contributed by atoms with Crippen LogP contribution in [0.2, 0.25) is 10.0 Å². The molecular weight excluding hydrogens is 395 g/mol. The van der Waals surface area contributed by atoms with Crippen LogP contribution in [0, 0.1) is 6.92 Å². The molecule has 28 heavy (non-hydrogen) atoms. The van der Waals surface area contributed by atoms with Gasteiger partial charge in [0.05, 0.1) is 16.5 Å². The van der Waals surface area contributed by atoms with Gasteiger partial charge >= 0.3 is 0 Å². The molecule has 0 aromatic heterocycles. The summed E-state index contributed by atoms with van der Waals surface area (Å²) in [6.45, 7) is 6.55. The lowest BCUT2D eigenvalue weighted by Gasteiger charge is -2.31. The highest BCUT2D eigenvalue weighted by atomic mass is 35.5. The lowest BCUT2D eigenvalue weighted by molar-refractivity contribution is -0.140. The smallest absolute Gasteiger partial charge is 0.242 e. The molecule has 0 radical (unpaired) electrons. The Balaban J connectivity index is 2.33. The number of hydrogen-bond donors (Lipinski definition) is 1. The van der Waals surface area contributed by atoms with Crippen molar-refractivity contribution in [1.82, 2.24) is 10.2 Å². The van der Waals surface area contributed by atoms with E-state index in [4.69, 9.17) is 23.2 Å². The topological polar surface area (TPSA) is 49.4 Å². The number of carbonyl (C=O) groups excluding carboxylic acids is 2. The van der Waals surface area contributed by atoms with Gasteiger partial charge in [-0.05, 0) is 49.1 Å². The molecule has 2 rings (SSSR count). The van der Waals surface area contributed by atoms with Crippen LogP contribution >= 0.6 is 23.2 Å². The maximum Gasteiger partial charge on any atom is 0.242 e. The van der Waals surface area contributed by atoms with E-state index < -0.39 is 6.04 Å². The first-order chi connectivity index (χ1) is 13.4. The van der Waals surface area contributed by atoms with Crippen molar-refractivity contribution in [1.29, 1.82) is 0 Å². The highest BCUT2D eigenvalue weighted by molar-refractivity contribution is 6.42. The molecule has 0 aliphatic carbocycles. The minimum absolute atomic E-state index is 0.0986. The molecule has 0 saturated carbocycles. The zero-order chi connectivity index (χ0) is 20.7. The normalized spacial score (nSPS) is 11.8. The quantitative estimate of drug-likeness (QED) is 0.667. The van der Waals surface area contributed by atoms with E-state index in [1.165, 1.54) is 0 Å². The number of halogens is 2. The number of nitrogens with zero attached hydrogens (tertiary/aromatic N) is 1. The maximum atomic E-state index is 13.2. The molecule has 0 heterocycles. The molecule has 0 unspecified atom stereocenters. The van der Waals surface area contributed by atoms with Gasteiger partial charge in [0.1, 0.15) is 6.04 Å². The molecule has 0 spiro atoms. The number of amides is 2. The fourth-order valence-corrected chi connectivity index (χ4v) is 3.44. The molecule has 6 heteroatoms. The van der Waals surface area contributed by atoms with E-state index in [0.717, 1.165) is 16.7 Å². The van der Waals surface area contributed by atoms with Crippen molar-refractivity contribution >= 4 is 35.0 Å². The van der Waals surface area contributed by atoms with E-state index in [2.05, 4.69) is 5.32 Å². The fourth-order valence-electron chi connectivity index (χ4n) is 3.12. The summed E-state index contributed by atoms with van der Waals surface area (Å²) in [6, 6.07) is 12.5. The molecule has 0 bridgehead atoms. The summed E-state index contributed by atoms with van der Waals surface area (Å²) in [7, 11) is 0. The monoisotopic (exact) mass is 420 g/mol. The van der Waals surface area contributed by atoms with Gasteiger partial charge in [-0.25, -0.2) is 0 Å². The molecule has 1 N–H and O–H groups in total. The first-order valence-corrected chi connectivity index (χ1v) is 10.2. The average Bonchev–Trinajstić information content (AvgIpc) is 2.66. The second kappa shape index (κ2) is 10.5. The third-order valence-corrected chi connectivity index (χ3v) is 5.42. The molecule has 2 aromatic carbocycles. The van der Waals surface area contributed by atoms with E-state index in [-0.39, 0.29) is 24.8 Å². The van der Waals surface area contributed by atoms with Crippen molar-refractivity contribution in [2.24, 2.45) is 0 Å². The van der Waals surface area contributed by atoms with Crippen LogP contribution in [0.3, 0.4) is 0 Å². The van der Waals surface area contributed by atoms with Gasteiger partial charge in [0, 0.05) is 13.1 Å². The molecule has 0 saturated heterocycles. The van der Waals surface area contributed by atoms with Gasteiger partial charge in [0.2, 0.25) is 11.8 Å². The van der Waals surface area contributed by atoms with Crippen LogP contribution in [0.4, 0.5) is 0 Å². The molecule has 2 amide bonds. The molecule has 4 nitrogen and oxygen atoms in total. The Labute approximate surface area is 176 Å². The van der Waals surface area contributed by atoms with Crippen LogP contribution in [0.1, 0.15) is 37.0 Å². The third kappa shape index (κ3) is 5.73. The summed E-state index contributed by atoms with van der Waals surface area (Å²) in [6.07, 6.45) is 0.760. The third-order valence-electron chi connectivity index (χ3n) is 4.68. The summed E-state index contributed by atoms with van der Waals surface area (Å²) in [4.78, 5) is 27.5. The standard InChI is InChI=1S/C22H26Cl2N2O2/c1-4-20(22(28)25-5-2)26(14-16-10-11-18(23)19(24)12-16)21(27)13-17-9-7-6-8-15(17)3/h6-12,20H,4-5,13-14H2,1-3H3,(H,25,28)/t20-/m0/s1.